The van der Waals surface area contributed by atoms with Crippen LogP contribution in [0.15, 0.2) is 36.5 Å². The van der Waals surface area contributed by atoms with Crippen molar-refractivity contribution < 1.29 is 4.74 Å². The lowest BCUT2D eigenvalue weighted by molar-refractivity contribution is 0.458. The van der Waals surface area contributed by atoms with Crippen LogP contribution in [0.2, 0.25) is 5.02 Å². The summed E-state index contributed by atoms with van der Waals surface area (Å²) >= 11 is 6.04. The second kappa shape index (κ2) is 4.86. The Kier molecular flexibility index (Phi) is 3.27. The van der Waals surface area contributed by atoms with Crippen LogP contribution in [0, 0.1) is 18.3 Å². The van der Waals surface area contributed by atoms with Crippen molar-refractivity contribution in [2.45, 2.75) is 6.92 Å². The molecule has 0 fully saturated rings. The molecule has 0 radical (unpaired) electrons. The van der Waals surface area contributed by atoms with E-state index in [1.807, 2.05) is 25.1 Å². The number of nitriles is 1. The van der Waals surface area contributed by atoms with Crippen LogP contribution in [0.3, 0.4) is 0 Å². The lowest BCUT2D eigenvalue weighted by atomic mass is 10.2. The van der Waals surface area contributed by atoms with Gasteiger partial charge in [-0.1, -0.05) is 23.7 Å². The van der Waals surface area contributed by atoms with Crippen molar-refractivity contribution in [3.8, 4) is 17.7 Å². The maximum Gasteiger partial charge on any atom is 0.237 e. The van der Waals surface area contributed by atoms with Gasteiger partial charge in [-0.25, -0.2) is 4.98 Å². The third-order valence-electron chi connectivity index (χ3n) is 2.25. The molecular formula is C13H9ClN2O. The van der Waals surface area contributed by atoms with Crippen LogP contribution in [0.1, 0.15) is 11.1 Å². The molecular weight excluding hydrogens is 236 g/mol. The lowest BCUT2D eigenvalue weighted by Gasteiger charge is -2.09. The Hall–Kier alpha value is -2.05. The number of aromatic nitrogens is 1. The first-order chi connectivity index (χ1) is 8.22. The first kappa shape index (κ1) is 11.4. The highest BCUT2D eigenvalue weighted by molar-refractivity contribution is 6.32. The number of pyridine rings is 1. The molecule has 1 aromatic heterocycles. The molecule has 0 aliphatic rings. The number of aryl methyl sites for hydroxylation is 1. The summed E-state index contributed by atoms with van der Waals surface area (Å²) < 4.78 is 5.60. The fourth-order valence-corrected chi connectivity index (χ4v) is 1.66. The van der Waals surface area contributed by atoms with Crippen LogP contribution in [0.5, 0.6) is 11.6 Å². The van der Waals surface area contributed by atoms with Crippen molar-refractivity contribution in [1.82, 2.24) is 4.98 Å². The molecule has 0 aliphatic carbocycles. The molecule has 0 aliphatic heterocycles. The number of rotatable bonds is 2. The molecule has 1 heterocycles. The van der Waals surface area contributed by atoms with E-state index in [1.165, 1.54) is 0 Å². The van der Waals surface area contributed by atoms with Gasteiger partial charge < -0.3 is 4.74 Å². The van der Waals surface area contributed by atoms with Gasteiger partial charge in [-0.15, -0.1) is 0 Å². The van der Waals surface area contributed by atoms with Gasteiger partial charge in [-0.05, 0) is 30.7 Å². The number of para-hydroxylation sites is 1. The topological polar surface area (TPSA) is 45.9 Å². The number of halogens is 1. The Balaban J connectivity index is 2.42. The summed E-state index contributed by atoms with van der Waals surface area (Å²) in [5, 5.41) is 9.43. The lowest BCUT2D eigenvalue weighted by Crippen LogP contribution is -1.93. The van der Waals surface area contributed by atoms with Gasteiger partial charge >= 0.3 is 0 Å². The largest absolute Gasteiger partial charge is 0.436 e. The van der Waals surface area contributed by atoms with Crippen LogP contribution in [0.25, 0.3) is 0 Å². The van der Waals surface area contributed by atoms with E-state index in [1.54, 1.807) is 24.4 Å². The standard InChI is InChI=1S/C13H9ClN2O/c1-9-4-2-6-11(14)12(9)17-13-10(8-15)5-3-7-16-13/h2-7H,1H3. The van der Waals surface area contributed by atoms with Crippen molar-refractivity contribution in [1.29, 1.82) is 5.26 Å². The normalized spacial score (nSPS) is 9.71. The summed E-state index contributed by atoms with van der Waals surface area (Å²) in [7, 11) is 0. The van der Waals surface area contributed by atoms with Crippen molar-refractivity contribution >= 4 is 11.6 Å². The second-order valence-corrected chi connectivity index (χ2v) is 3.86. The SMILES string of the molecule is Cc1cccc(Cl)c1Oc1ncccc1C#N. The van der Waals surface area contributed by atoms with E-state index in [2.05, 4.69) is 4.98 Å². The molecule has 4 heteroatoms. The summed E-state index contributed by atoms with van der Waals surface area (Å²) in [6.45, 7) is 1.89. The summed E-state index contributed by atoms with van der Waals surface area (Å²) in [5.74, 6) is 0.801. The highest BCUT2D eigenvalue weighted by Crippen LogP contribution is 2.32. The number of benzene rings is 1. The molecule has 84 valence electrons. The van der Waals surface area contributed by atoms with Gasteiger partial charge in [0.2, 0.25) is 5.88 Å². The molecule has 1 aromatic carbocycles. The first-order valence-corrected chi connectivity index (χ1v) is 5.38. The summed E-state index contributed by atoms with van der Waals surface area (Å²) in [6, 6.07) is 10.8. The number of nitrogens with zero attached hydrogens (tertiary/aromatic N) is 2. The van der Waals surface area contributed by atoms with Crippen molar-refractivity contribution in [2.24, 2.45) is 0 Å². The molecule has 0 atom stereocenters. The zero-order valence-electron chi connectivity index (χ0n) is 9.14. The average molecular weight is 245 g/mol. The third-order valence-corrected chi connectivity index (χ3v) is 2.55. The fraction of sp³-hybridized carbons (Fsp3) is 0.0769. The van der Waals surface area contributed by atoms with Crippen molar-refractivity contribution in [3.63, 3.8) is 0 Å². The van der Waals surface area contributed by atoms with E-state index >= 15 is 0 Å². The third kappa shape index (κ3) is 2.38. The quantitative estimate of drug-likeness (QED) is 0.809. The molecule has 17 heavy (non-hydrogen) atoms. The minimum absolute atomic E-state index is 0.270. The fourth-order valence-electron chi connectivity index (χ4n) is 1.40. The minimum atomic E-state index is 0.270. The monoisotopic (exact) mass is 244 g/mol. The molecule has 2 aromatic rings. The smallest absolute Gasteiger partial charge is 0.237 e. The number of ether oxygens (including phenoxy) is 1. The van der Waals surface area contributed by atoms with Gasteiger partial charge in [0.15, 0.2) is 5.75 Å². The van der Waals surface area contributed by atoms with Crippen LogP contribution in [-0.4, -0.2) is 4.98 Å². The van der Waals surface area contributed by atoms with Gasteiger partial charge in [0, 0.05) is 6.20 Å². The zero-order chi connectivity index (χ0) is 12.3. The Bertz CT molecular complexity index is 570. The minimum Gasteiger partial charge on any atom is -0.436 e. The molecule has 0 saturated carbocycles. The highest BCUT2D eigenvalue weighted by Gasteiger charge is 2.10. The van der Waals surface area contributed by atoms with Crippen molar-refractivity contribution in [3.05, 3.63) is 52.7 Å². The Labute approximate surface area is 104 Å². The van der Waals surface area contributed by atoms with E-state index in [0.717, 1.165) is 5.56 Å². The molecule has 0 N–H and O–H groups in total. The Morgan fingerprint density at radius 3 is 2.82 bits per heavy atom. The molecule has 0 saturated heterocycles. The molecule has 0 spiro atoms. The molecule has 2 rings (SSSR count). The van der Waals surface area contributed by atoms with E-state index in [-0.39, 0.29) is 5.88 Å². The average Bonchev–Trinajstić information content (AvgIpc) is 2.34. The Morgan fingerprint density at radius 2 is 2.12 bits per heavy atom. The van der Waals surface area contributed by atoms with Crippen LogP contribution < -0.4 is 4.74 Å². The zero-order valence-corrected chi connectivity index (χ0v) is 9.90. The molecule has 0 unspecified atom stereocenters. The van der Waals surface area contributed by atoms with Crippen molar-refractivity contribution in [2.75, 3.05) is 0 Å². The summed E-state index contributed by atoms with van der Waals surface area (Å²) in [6.07, 6.45) is 1.57. The van der Waals surface area contributed by atoms with Gasteiger partial charge in [-0.2, -0.15) is 5.26 Å². The van der Waals surface area contributed by atoms with Crippen LogP contribution in [0.4, 0.5) is 0 Å². The summed E-state index contributed by atoms with van der Waals surface area (Å²) in [5.41, 5.74) is 1.28. The van der Waals surface area contributed by atoms with E-state index in [0.29, 0.717) is 16.3 Å². The maximum absolute atomic E-state index is 8.93. The molecule has 0 bridgehead atoms. The predicted molar refractivity (Wildman–Crippen MR) is 65.2 cm³/mol. The summed E-state index contributed by atoms with van der Waals surface area (Å²) in [4.78, 5) is 4.02. The predicted octanol–water partition coefficient (Wildman–Crippen LogP) is 3.71. The van der Waals surface area contributed by atoms with Gasteiger partial charge in [0.1, 0.15) is 11.6 Å². The van der Waals surface area contributed by atoms with Gasteiger partial charge in [-0.3, -0.25) is 0 Å². The van der Waals surface area contributed by atoms with Gasteiger partial charge in [0.05, 0.1) is 5.02 Å². The van der Waals surface area contributed by atoms with Gasteiger partial charge in [0.25, 0.3) is 0 Å². The van der Waals surface area contributed by atoms with E-state index in [4.69, 9.17) is 21.6 Å². The van der Waals surface area contributed by atoms with E-state index < -0.39 is 0 Å². The number of hydrogen-bond donors (Lipinski definition) is 0. The first-order valence-electron chi connectivity index (χ1n) is 5.00. The number of hydrogen-bond acceptors (Lipinski definition) is 3. The second-order valence-electron chi connectivity index (χ2n) is 3.46. The van der Waals surface area contributed by atoms with E-state index in [9.17, 15) is 0 Å². The van der Waals surface area contributed by atoms with Crippen LogP contribution >= 0.6 is 11.6 Å². The molecule has 3 nitrogen and oxygen atoms in total. The highest BCUT2D eigenvalue weighted by atomic mass is 35.5. The van der Waals surface area contributed by atoms with Crippen LogP contribution in [-0.2, 0) is 0 Å². The Morgan fingerprint density at radius 1 is 1.29 bits per heavy atom. The maximum atomic E-state index is 8.93. The molecule has 0 amide bonds.